The molecule has 0 saturated carbocycles. The van der Waals surface area contributed by atoms with E-state index < -0.39 is 0 Å². The average Bonchev–Trinajstić information content (AvgIpc) is 1.85. The average molecular weight is 287 g/mol. The van der Waals surface area contributed by atoms with Gasteiger partial charge in [-0.1, -0.05) is 0 Å². The molecule has 0 bridgehead atoms. The zero-order chi connectivity index (χ0) is 6.15. The number of imidazole rings is 1. The number of aromatic nitrogens is 2. The first kappa shape index (κ1) is 6.54. The van der Waals surface area contributed by atoms with Crippen molar-refractivity contribution < 1.29 is 0 Å². The molecule has 1 rings (SSSR count). The molecule has 0 amide bonds. The summed E-state index contributed by atoms with van der Waals surface area (Å²) in [6, 6.07) is 0. The van der Waals surface area contributed by atoms with Crippen LogP contribution in [-0.4, -0.2) is 9.55 Å². The molecule has 0 aliphatic heterocycles. The van der Waals surface area contributed by atoms with Gasteiger partial charge in [0.25, 0.3) is 0 Å². The fraction of sp³-hybridized carbons (Fsp3) is 0.250. The molecular formula is C4H4BrIN2. The molecule has 0 atom stereocenters. The summed E-state index contributed by atoms with van der Waals surface area (Å²) in [5.41, 5.74) is 0. The maximum Gasteiger partial charge on any atom is 0.172 e. The molecule has 0 fully saturated rings. The first-order valence-electron chi connectivity index (χ1n) is 2.04. The predicted octanol–water partition coefficient (Wildman–Crippen LogP) is 1.79. The standard InChI is InChI=1S/C4H4BrIN2/c1-8-2-3(5)7-4(8)6/h2H,1H3. The second kappa shape index (κ2) is 2.34. The number of rotatable bonds is 0. The number of hydrogen-bond acceptors (Lipinski definition) is 1. The molecule has 0 aliphatic rings. The smallest absolute Gasteiger partial charge is 0.172 e. The minimum atomic E-state index is 0.893. The quantitative estimate of drug-likeness (QED) is 0.665. The van der Waals surface area contributed by atoms with Crippen LogP contribution < -0.4 is 0 Å². The maximum atomic E-state index is 4.08. The summed E-state index contributed by atoms with van der Waals surface area (Å²) in [7, 11) is 1.96. The minimum Gasteiger partial charge on any atom is -0.328 e. The van der Waals surface area contributed by atoms with Crippen molar-refractivity contribution in [1.29, 1.82) is 0 Å². The summed E-state index contributed by atoms with van der Waals surface area (Å²) in [6.45, 7) is 0. The Hall–Kier alpha value is 0.420. The third-order valence-electron chi connectivity index (χ3n) is 0.790. The Bertz CT molecular complexity index is 176. The van der Waals surface area contributed by atoms with Crippen LogP contribution in [0.4, 0.5) is 0 Å². The number of hydrogen-bond donors (Lipinski definition) is 0. The van der Waals surface area contributed by atoms with Crippen molar-refractivity contribution in [2.75, 3.05) is 0 Å². The van der Waals surface area contributed by atoms with Gasteiger partial charge in [0.2, 0.25) is 0 Å². The fourth-order valence-corrected chi connectivity index (χ4v) is 1.61. The van der Waals surface area contributed by atoms with Gasteiger partial charge < -0.3 is 4.57 Å². The Morgan fingerprint density at radius 1 is 1.88 bits per heavy atom. The van der Waals surface area contributed by atoms with Crippen LogP contribution in [-0.2, 0) is 7.05 Å². The lowest BCUT2D eigenvalue weighted by molar-refractivity contribution is 0.877. The molecule has 0 aromatic carbocycles. The molecule has 44 valence electrons. The van der Waals surface area contributed by atoms with Crippen LogP contribution in [0.2, 0.25) is 0 Å². The van der Waals surface area contributed by atoms with Crippen molar-refractivity contribution in [3.63, 3.8) is 0 Å². The normalized spacial score (nSPS) is 9.88. The molecule has 0 saturated heterocycles. The predicted molar refractivity (Wildman–Crippen MR) is 43.6 cm³/mol. The van der Waals surface area contributed by atoms with Gasteiger partial charge in [0.1, 0.15) is 4.60 Å². The van der Waals surface area contributed by atoms with E-state index in [9.17, 15) is 0 Å². The van der Waals surface area contributed by atoms with Crippen LogP contribution in [0.15, 0.2) is 10.8 Å². The zero-order valence-corrected chi connectivity index (χ0v) is 7.97. The van der Waals surface area contributed by atoms with E-state index in [1.807, 2.05) is 17.8 Å². The van der Waals surface area contributed by atoms with Gasteiger partial charge in [-0.3, -0.25) is 0 Å². The van der Waals surface area contributed by atoms with E-state index in [2.05, 4.69) is 43.5 Å². The van der Waals surface area contributed by atoms with Crippen LogP contribution in [0.5, 0.6) is 0 Å². The first-order valence-corrected chi connectivity index (χ1v) is 3.91. The van der Waals surface area contributed by atoms with Gasteiger partial charge in [0, 0.05) is 13.2 Å². The summed E-state index contributed by atoms with van der Waals surface area (Å²) >= 11 is 5.41. The SMILES string of the molecule is Cn1cc(Br)nc1I. The van der Waals surface area contributed by atoms with E-state index in [0.717, 1.165) is 8.43 Å². The monoisotopic (exact) mass is 286 g/mol. The van der Waals surface area contributed by atoms with E-state index in [4.69, 9.17) is 0 Å². The van der Waals surface area contributed by atoms with E-state index in [0.29, 0.717) is 0 Å². The van der Waals surface area contributed by atoms with Crippen LogP contribution >= 0.6 is 38.5 Å². The first-order chi connectivity index (χ1) is 3.70. The van der Waals surface area contributed by atoms with Crippen LogP contribution in [0.25, 0.3) is 0 Å². The highest BCUT2D eigenvalue weighted by atomic mass is 127. The minimum absolute atomic E-state index is 0.893. The van der Waals surface area contributed by atoms with Crippen molar-refractivity contribution in [3.8, 4) is 0 Å². The second-order valence-electron chi connectivity index (χ2n) is 1.44. The van der Waals surface area contributed by atoms with Crippen LogP contribution in [0.1, 0.15) is 0 Å². The van der Waals surface area contributed by atoms with Crippen LogP contribution in [0.3, 0.4) is 0 Å². The summed E-state index contributed by atoms with van der Waals surface area (Å²) < 4.78 is 3.84. The van der Waals surface area contributed by atoms with E-state index in [1.54, 1.807) is 0 Å². The number of aryl methyl sites for hydroxylation is 1. The van der Waals surface area contributed by atoms with Crippen molar-refractivity contribution in [1.82, 2.24) is 9.55 Å². The Balaban J connectivity index is 3.14. The van der Waals surface area contributed by atoms with Gasteiger partial charge in [-0.2, -0.15) is 0 Å². The second-order valence-corrected chi connectivity index (χ2v) is 3.22. The van der Waals surface area contributed by atoms with Gasteiger partial charge in [0.05, 0.1) is 0 Å². The van der Waals surface area contributed by atoms with Crippen LogP contribution in [0, 0.1) is 3.83 Å². The summed E-state index contributed by atoms with van der Waals surface area (Å²) in [6.07, 6.45) is 1.92. The fourth-order valence-electron chi connectivity index (χ4n) is 0.409. The Morgan fingerprint density at radius 3 is 2.62 bits per heavy atom. The Kier molecular flexibility index (Phi) is 1.92. The van der Waals surface area contributed by atoms with E-state index in [1.165, 1.54) is 0 Å². The van der Waals surface area contributed by atoms with Crippen molar-refractivity contribution >= 4 is 38.5 Å². The molecular weight excluding hydrogens is 283 g/mol. The number of halogens is 2. The lowest BCUT2D eigenvalue weighted by Gasteiger charge is -1.85. The molecule has 1 aromatic heterocycles. The topological polar surface area (TPSA) is 17.8 Å². The highest BCUT2D eigenvalue weighted by molar-refractivity contribution is 14.1. The van der Waals surface area contributed by atoms with Crippen molar-refractivity contribution in [2.24, 2.45) is 7.05 Å². The van der Waals surface area contributed by atoms with Crippen molar-refractivity contribution in [3.05, 3.63) is 14.6 Å². The van der Waals surface area contributed by atoms with Gasteiger partial charge in [-0.05, 0) is 38.5 Å². The highest BCUT2D eigenvalue weighted by Gasteiger charge is 1.95. The summed E-state index contributed by atoms with van der Waals surface area (Å²) in [5.74, 6) is 0. The van der Waals surface area contributed by atoms with E-state index in [-0.39, 0.29) is 0 Å². The molecule has 0 spiro atoms. The van der Waals surface area contributed by atoms with Gasteiger partial charge in [0.15, 0.2) is 3.83 Å². The van der Waals surface area contributed by atoms with Gasteiger partial charge in [-0.15, -0.1) is 0 Å². The molecule has 0 N–H and O–H groups in total. The summed E-state index contributed by atoms with van der Waals surface area (Å²) in [4.78, 5) is 4.08. The third-order valence-corrected chi connectivity index (χ3v) is 2.17. The largest absolute Gasteiger partial charge is 0.328 e. The lowest BCUT2D eigenvalue weighted by Crippen LogP contribution is -1.86. The number of nitrogens with zero attached hydrogens (tertiary/aromatic N) is 2. The molecule has 2 nitrogen and oxygen atoms in total. The van der Waals surface area contributed by atoms with Gasteiger partial charge in [-0.25, -0.2) is 4.98 Å². The Labute approximate surface area is 69.6 Å². The zero-order valence-electron chi connectivity index (χ0n) is 4.23. The molecule has 4 heteroatoms. The van der Waals surface area contributed by atoms with E-state index >= 15 is 0 Å². The molecule has 0 aliphatic carbocycles. The highest BCUT2D eigenvalue weighted by Crippen LogP contribution is 2.08. The third kappa shape index (κ3) is 1.22. The Morgan fingerprint density at radius 2 is 2.50 bits per heavy atom. The molecule has 1 aromatic rings. The molecule has 1 heterocycles. The molecule has 8 heavy (non-hydrogen) atoms. The molecule has 0 unspecified atom stereocenters. The molecule has 0 radical (unpaired) electrons. The lowest BCUT2D eigenvalue weighted by atomic mass is 10.9. The maximum absolute atomic E-state index is 4.08. The van der Waals surface area contributed by atoms with Gasteiger partial charge >= 0.3 is 0 Å². The summed E-state index contributed by atoms with van der Waals surface area (Å²) in [5, 5.41) is 0. The van der Waals surface area contributed by atoms with Crippen molar-refractivity contribution in [2.45, 2.75) is 0 Å².